The molecule has 1 aromatic rings. The number of benzene rings is 1. The maximum Gasteiger partial charge on any atom is 0.337 e. The molecule has 3 nitrogen and oxygen atoms in total. The van der Waals surface area contributed by atoms with Crippen LogP contribution in [0.5, 0.6) is 0 Å². The minimum Gasteiger partial charge on any atom is -0.478 e. The smallest absolute Gasteiger partial charge is 0.337 e. The predicted octanol–water partition coefficient (Wildman–Crippen LogP) is 2.80. The van der Waals surface area contributed by atoms with Gasteiger partial charge in [0.2, 0.25) is 0 Å². The molecular weight excluding hydrogens is 269 g/mol. The first-order valence-corrected chi connectivity index (χ1v) is 5.12. The molecule has 0 amide bonds. The van der Waals surface area contributed by atoms with E-state index < -0.39 is 5.97 Å². The van der Waals surface area contributed by atoms with Crippen LogP contribution in [-0.2, 0) is 5.33 Å². The SMILES string of the molecule is N#Cc1ccc(Cl)c(C(=O)O)c1CBr. The standard InChI is InChI=1S/C9H5BrClNO2/c10-3-6-5(4-12)1-2-7(11)8(6)9(13)14/h1-2H,3H2,(H,13,14). The first-order chi connectivity index (χ1) is 6.61. The fourth-order valence-corrected chi connectivity index (χ4v) is 1.93. The van der Waals surface area contributed by atoms with Crippen molar-refractivity contribution in [3.8, 4) is 6.07 Å². The van der Waals surface area contributed by atoms with Crippen LogP contribution in [0.4, 0.5) is 0 Å². The number of alkyl halides is 1. The van der Waals surface area contributed by atoms with E-state index in [9.17, 15) is 4.79 Å². The van der Waals surface area contributed by atoms with Crippen LogP contribution >= 0.6 is 27.5 Å². The molecule has 0 aromatic heterocycles. The van der Waals surface area contributed by atoms with Gasteiger partial charge in [-0.3, -0.25) is 0 Å². The molecule has 0 fully saturated rings. The Bertz CT molecular complexity index is 426. The van der Waals surface area contributed by atoms with Crippen molar-refractivity contribution in [3.63, 3.8) is 0 Å². The van der Waals surface area contributed by atoms with Crippen LogP contribution in [0, 0.1) is 11.3 Å². The molecule has 0 atom stereocenters. The predicted molar refractivity (Wildman–Crippen MR) is 55.8 cm³/mol. The number of carboxylic acid groups (broad SMARTS) is 1. The van der Waals surface area contributed by atoms with Gasteiger partial charge in [-0.2, -0.15) is 5.26 Å². The van der Waals surface area contributed by atoms with E-state index in [4.69, 9.17) is 22.0 Å². The van der Waals surface area contributed by atoms with Crippen molar-refractivity contribution in [2.24, 2.45) is 0 Å². The van der Waals surface area contributed by atoms with E-state index >= 15 is 0 Å². The summed E-state index contributed by atoms with van der Waals surface area (Å²) in [7, 11) is 0. The summed E-state index contributed by atoms with van der Waals surface area (Å²) in [4.78, 5) is 10.9. The van der Waals surface area contributed by atoms with Gasteiger partial charge in [0.25, 0.3) is 0 Å². The van der Waals surface area contributed by atoms with Crippen LogP contribution in [0.2, 0.25) is 5.02 Å². The fourth-order valence-electron chi connectivity index (χ4n) is 1.09. The second-order valence-electron chi connectivity index (χ2n) is 2.50. The highest BCUT2D eigenvalue weighted by molar-refractivity contribution is 9.08. The number of carbonyl (C=O) groups is 1. The Hall–Kier alpha value is -1.05. The Morgan fingerprint density at radius 1 is 1.64 bits per heavy atom. The third-order valence-electron chi connectivity index (χ3n) is 1.73. The van der Waals surface area contributed by atoms with E-state index in [0.717, 1.165) is 0 Å². The lowest BCUT2D eigenvalue weighted by atomic mass is 10.0. The van der Waals surface area contributed by atoms with Crippen LogP contribution in [0.15, 0.2) is 12.1 Å². The second kappa shape index (κ2) is 4.45. The topological polar surface area (TPSA) is 61.1 Å². The number of hydrogen-bond acceptors (Lipinski definition) is 2. The molecule has 0 heterocycles. The van der Waals surface area contributed by atoms with Crippen LogP contribution in [0.25, 0.3) is 0 Å². The van der Waals surface area contributed by atoms with Gasteiger partial charge < -0.3 is 5.11 Å². The van der Waals surface area contributed by atoms with Crippen molar-refractivity contribution >= 4 is 33.5 Å². The van der Waals surface area contributed by atoms with Crippen LogP contribution < -0.4 is 0 Å². The van der Waals surface area contributed by atoms with Crippen molar-refractivity contribution in [3.05, 3.63) is 33.8 Å². The summed E-state index contributed by atoms with van der Waals surface area (Å²) in [6.07, 6.45) is 0. The summed E-state index contributed by atoms with van der Waals surface area (Å²) < 4.78 is 0. The van der Waals surface area contributed by atoms with Crippen LogP contribution in [0.3, 0.4) is 0 Å². The molecular formula is C9H5BrClNO2. The number of nitriles is 1. The summed E-state index contributed by atoms with van der Waals surface area (Å²) in [5.41, 5.74) is 0.721. The molecule has 0 aliphatic rings. The largest absolute Gasteiger partial charge is 0.478 e. The third kappa shape index (κ3) is 1.89. The van der Waals surface area contributed by atoms with E-state index in [0.29, 0.717) is 11.1 Å². The van der Waals surface area contributed by atoms with Crippen LogP contribution in [0.1, 0.15) is 21.5 Å². The average molecular weight is 275 g/mol. The molecule has 1 aromatic carbocycles. The normalized spacial score (nSPS) is 9.50. The van der Waals surface area contributed by atoms with Gasteiger partial charge in [0, 0.05) is 5.33 Å². The first kappa shape index (κ1) is 11.0. The lowest BCUT2D eigenvalue weighted by Gasteiger charge is -2.06. The van der Waals surface area contributed by atoms with Crippen molar-refractivity contribution in [1.29, 1.82) is 5.26 Å². The van der Waals surface area contributed by atoms with Gasteiger partial charge in [-0.15, -0.1) is 0 Å². The summed E-state index contributed by atoms with van der Waals surface area (Å²) in [5.74, 6) is -1.12. The molecule has 0 unspecified atom stereocenters. The molecule has 1 N–H and O–H groups in total. The zero-order valence-corrected chi connectivity index (χ0v) is 9.26. The molecule has 0 bridgehead atoms. The van der Waals surface area contributed by atoms with E-state index in [1.165, 1.54) is 12.1 Å². The quantitative estimate of drug-likeness (QED) is 0.844. The Morgan fingerprint density at radius 3 is 2.71 bits per heavy atom. The second-order valence-corrected chi connectivity index (χ2v) is 3.47. The van der Waals surface area contributed by atoms with Gasteiger partial charge in [-0.1, -0.05) is 27.5 Å². The maximum absolute atomic E-state index is 10.9. The maximum atomic E-state index is 10.9. The Labute approximate surface area is 94.0 Å². The number of rotatable bonds is 2. The number of nitrogens with zero attached hydrogens (tertiary/aromatic N) is 1. The van der Waals surface area contributed by atoms with Gasteiger partial charge in [0.15, 0.2) is 0 Å². The minimum atomic E-state index is -1.12. The van der Waals surface area contributed by atoms with E-state index in [-0.39, 0.29) is 15.9 Å². The molecule has 0 radical (unpaired) electrons. The van der Waals surface area contributed by atoms with Gasteiger partial charge >= 0.3 is 5.97 Å². The Kier molecular flexibility index (Phi) is 3.50. The highest BCUT2D eigenvalue weighted by atomic mass is 79.9. The zero-order valence-electron chi connectivity index (χ0n) is 6.92. The van der Waals surface area contributed by atoms with Gasteiger partial charge in [0.05, 0.1) is 22.2 Å². The molecule has 0 saturated heterocycles. The zero-order chi connectivity index (χ0) is 10.7. The van der Waals surface area contributed by atoms with Crippen LogP contribution in [-0.4, -0.2) is 11.1 Å². The number of halogens is 2. The lowest BCUT2D eigenvalue weighted by Crippen LogP contribution is -2.04. The molecule has 0 aliphatic carbocycles. The van der Waals surface area contributed by atoms with Crippen molar-refractivity contribution in [2.75, 3.05) is 0 Å². The monoisotopic (exact) mass is 273 g/mol. The third-order valence-corrected chi connectivity index (χ3v) is 2.61. The Morgan fingerprint density at radius 2 is 2.29 bits per heavy atom. The molecule has 0 spiro atoms. The Balaban J connectivity index is 3.53. The summed E-state index contributed by atoms with van der Waals surface area (Å²) in [5, 5.41) is 18.1. The molecule has 0 saturated carbocycles. The van der Waals surface area contributed by atoms with Gasteiger partial charge in [0.1, 0.15) is 0 Å². The van der Waals surface area contributed by atoms with Gasteiger partial charge in [-0.05, 0) is 17.7 Å². The lowest BCUT2D eigenvalue weighted by molar-refractivity contribution is 0.0696. The van der Waals surface area contributed by atoms with E-state index in [2.05, 4.69) is 15.9 Å². The number of carboxylic acids is 1. The number of hydrogen-bond donors (Lipinski definition) is 1. The van der Waals surface area contributed by atoms with E-state index in [1.54, 1.807) is 0 Å². The first-order valence-electron chi connectivity index (χ1n) is 3.62. The number of aromatic carboxylic acids is 1. The molecule has 14 heavy (non-hydrogen) atoms. The average Bonchev–Trinajstić information content (AvgIpc) is 2.16. The summed E-state index contributed by atoms with van der Waals surface area (Å²) in [6.45, 7) is 0. The van der Waals surface area contributed by atoms with Crippen molar-refractivity contribution in [2.45, 2.75) is 5.33 Å². The van der Waals surface area contributed by atoms with Crippen molar-refractivity contribution in [1.82, 2.24) is 0 Å². The fraction of sp³-hybridized carbons (Fsp3) is 0.111. The minimum absolute atomic E-state index is 0.0115. The highest BCUT2D eigenvalue weighted by Gasteiger charge is 2.17. The summed E-state index contributed by atoms with van der Waals surface area (Å²) >= 11 is 8.85. The molecule has 0 aliphatic heterocycles. The summed E-state index contributed by atoms with van der Waals surface area (Å²) in [6, 6.07) is 4.83. The van der Waals surface area contributed by atoms with Crippen molar-refractivity contribution < 1.29 is 9.90 Å². The van der Waals surface area contributed by atoms with Gasteiger partial charge in [-0.25, -0.2) is 4.79 Å². The van der Waals surface area contributed by atoms with E-state index in [1.807, 2.05) is 6.07 Å². The highest BCUT2D eigenvalue weighted by Crippen LogP contribution is 2.25. The molecule has 1 rings (SSSR count). The molecule has 72 valence electrons. The molecule has 5 heteroatoms.